The molecule has 0 aliphatic rings. The number of methoxy groups -OCH3 is 1. The van der Waals surface area contributed by atoms with Crippen LogP contribution in [0.4, 0.5) is 0 Å². The second-order valence-corrected chi connectivity index (χ2v) is 2.98. The van der Waals surface area contributed by atoms with Gasteiger partial charge in [-0.3, -0.25) is 4.79 Å². The predicted molar refractivity (Wildman–Crippen MR) is 53.5 cm³/mol. The zero-order chi connectivity index (χ0) is 11.3. The molecular formula is C11H12O4. The van der Waals surface area contributed by atoms with Crippen LogP contribution >= 0.6 is 0 Å². The highest BCUT2D eigenvalue weighted by atomic mass is 16.5. The molecule has 0 aliphatic carbocycles. The van der Waals surface area contributed by atoms with E-state index in [9.17, 15) is 9.59 Å². The van der Waals surface area contributed by atoms with Crippen LogP contribution in [0.15, 0.2) is 24.3 Å². The summed E-state index contributed by atoms with van der Waals surface area (Å²) in [6.07, 6.45) is 0. The van der Waals surface area contributed by atoms with Crippen LogP contribution in [0.25, 0.3) is 0 Å². The molecule has 1 rings (SSSR count). The van der Waals surface area contributed by atoms with Crippen molar-refractivity contribution in [2.75, 3.05) is 7.11 Å². The van der Waals surface area contributed by atoms with E-state index in [2.05, 4.69) is 0 Å². The van der Waals surface area contributed by atoms with E-state index in [1.165, 1.54) is 6.92 Å². The summed E-state index contributed by atoms with van der Waals surface area (Å²) in [4.78, 5) is 21.4. The number of Topliss-reactive ketones (excluding diaryl/α,β-unsaturated/α-hetero) is 1. The quantitative estimate of drug-likeness (QED) is 0.553. The van der Waals surface area contributed by atoms with Crippen LogP contribution in [-0.4, -0.2) is 18.9 Å². The Morgan fingerprint density at radius 1 is 1.20 bits per heavy atom. The van der Waals surface area contributed by atoms with Gasteiger partial charge in [0.25, 0.3) is 0 Å². The highest BCUT2D eigenvalue weighted by molar-refractivity contribution is 6.32. The minimum atomic E-state index is -0.814. The van der Waals surface area contributed by atoms with Crippen molar-refractivity contribution in [1.82, 2.24) is 0 Å². The van der Waals surface area contributed by atoms with Crippen molar-refractivity contribution in [3.63, 3.8) is 0 Å². The second kappa shape index (κ2) is 5.14. The van der Waals surface area contributed by atoms with Crippen molar-refractivity contribution in [2.24, 2.45) is 0 Å². The molecule has 80 valence electrons. The van der Waals surface area contributed by atoms with Gasteiger partial charge in [0.05, 0.1) is 7.11 Å². The van der Waals surface area contributed by atoms with Crippen LogP contribution in [0.5, 0.6) is 5.75 Å². The average Bonchev–Trinajstić information content (AvgIpc) is 2.26. The summed E-state index contributed by atoms with van der Waals surface area (Å²) in [5.41, 5.74) is 0.811. The summed E-state index contributed by atoms with van der Waals surface area (Å²) in [6.45, 7) is 1.28. The largest absolute Gasteiger partial charge is 0.497 e. The Kier molecular flexibility index (Phi) is 3.85. The van der Waals surface area contributed by atoms with E-state index in [0.717, 1.165) is 11.3 Å². The highest BCUT2D eigenvalue weighted by Crippen LogP contribution is 2.11. The molecule has 0 heterocycles. The summed E-state index contributed by atoms with van der Waals surface area (Å²) < 4.78 is 9.70. The monoisotopic (exact) mass is 208 g/mol. The highest BCUT2D eigenvalue weighted by Gasteiger charge is 2.08. The fourth-order valence-electron chi connectivity index (χ4n) is 0.972. The molecule has 0 N–H and O–H groups in total. The molecule has 0 aliphatic heterocycles. The number of hydrogen-bond acceptors (Lipinski definition) is 4. The molecule has 0 radical (unpaired) electrons. The van der Waals surface area contributed by atoms with Gasteiger partial charge in [0.2, 0.25) is 5.78 Å². The topological polar surface area (TPSA) is 52.6 Å². The van der Waals surface area contributed by atoms with Gasteiger partial charge in [0.15, 0.2) is 0 Å². The Balaban J connectivity index is 2.51. The number of ether oxygens (including phenoxy) is 2. The number of ketones is 1. The maximum Gasteiger partial charge on any atom is 0.374 e. The number of hydrogen-bond donors (Lipinski definition) is 0. The van der Waals surface area contributed by atoms with E-state index in [1.54, 1.807) is 31.4 Å². The van der Waals surface area contributed by atoms with Crippen molar-refractivity contribution >= 4 is 11.8 Å². The first kappa shape index (κ1) is 11.2. The zero-order valence-corrected chi connectivity index (χ0v) is 8.65. The van der Waals surface area contributed by atoms with E-state index >= 15 is 0 Å². The molecule has 0 unspecified atom stereocenters. The lowest BCUT2D eigenvalue weighted by Gasteiger charge is -2.03. The summed E-state index contributed by atoms with van der Waals surface area (Å²) in [5, 5.41) is 0. The first-order valence-corrected chi connectivity index (χ1v) is 4.44. The third kappa shape index (κ3) is 3.42. The van der Waals surface area contributed by atoms with Crippen LogP contribution in [0.3, 0.4) is 0 Å². The fourth-order valence-corrected chi connectivity index (χ4v) is 0.972. The molecule has 0 saturated heterocycles. The first-order chi connectivity index (χ1) is 7.13. The third-order valence-corrected chi connectivity index (χ3v) is 1.82. The first-order valence-electron chi connectivity index (χ1n) is 4.44. The van der Waals surface area contributed by atoms with Gasteiger partial charge >= 0.3 is 5.97 Å². The molecule has 4 nitrogen and oxygen atoms in total. The number of rotatable bonds is 4. The number of esters is 1. The minimum Gasteiger partial charge on any atom is -0.497 e. The van der Waals surface area contributed by atoms with E-state index in [-0.39, 0.29) is 6.61 Å². The molecule has 0 bridgehead atoms. The van der Waals surface area contributed by atoms with E-state index in [0.29, 0.717) is 0 Å². The summed E-state index contributed by atoms with van der Waals surface area (Å²) in [5.74, 6) is -0.675. The maximum absolute atomic E-state index is 10.8. The SMILES string of the molecule is COc1ccc(COC(=O)C(C)=O)cc1. The molecule has 0 atom stereocenters. The van der Waals surface area contributed by atoms with Crippen molar-refractivity contribution in [3.8, 4) is 5.75 Å². The number of carbonyl (C=O) groups is 2. The summed E-state index contributed by atoms with van der Waals surface area (Å²) in [6, 6.07) is 7.06. The Morgan fingerprint density at radius 3 is 2.27 bits per heavy atom. The maximum atomic E-state index is 10.8. The molecule has 0 aromatic heterocycles. The van der Waals surface area contributed by atoms with Gasteiger partial charge in [-0.15, -0.1) is 0 Å². The van der Waals surface area contributed by atoms with Crippen LogP contribution in [0.2, 0.25) is 0 Å². The van der Waals surface area contributed by atoms with Gasteiger partial charge in [0.1, 0.15) is 12.4 Å². The molecule has 1 aromatic carbocycles. The second-order valence-electron chi connectivity index (χ2n) is 2.98. The van der Waals surface area contributed by atoms with Gasteiger partial charge < -0.3 is 9.47 Å². The van der Waals surface area contributed by atoms with Gasteiger partial charge in [0, 0.05) is 6.92 Å². The summed E-state index contributed by atoms with van der Waals surface area (Å²) in [7, 11) is 1.57. The van der Waals surface area contributed by atoms with Crippen LogP contribution in [0, 0.1) is 0 Å². The van der Waals surface area contributed by atoms with Crippen molar-refractivity contribution in [2.45, 2.75) is 13.5 Å². The van der Waals surface area contributed by atoms with E-state index < -0.39 is 11.8 Å². The Labute approximate surface area is 87.8 Å². The normalized spacial score (nSPS) is 9.47. The van der Waals surface area contributed by atoms with E-state index in [4.69, 9.17) is 9.47 Å². The zero-order valence-electron chi connectivity index (χ0n) is 8.65. The molecule has 4 heteroatoms. The predicted octanol–water partition coefficient (Wildman–Crippen LogP) is 1.33. The van der Waals surface area contributed by atoms with Crippen LogP contribution < -0.4 is 4.74 Å². The van der Waals surface area contributed by atoms with Crippen LogP contribution in [-0.2, 0) is 20.9 Å². The molecule has 15 heavy (non-hydrogen) atoms. The lowest BCUT2D eigenvalue weighted by molar-refractivity contribution is -0.153. The molecule has 0 spiro atoms. The lowest BCUT2D eigenvalue weighted by atomic mass is 10.2. The lowest BCUT2D eigenvalue weighted by Crippen LogP contribution is -2.13. The average molecular weight is 208 g/mol. The van der Waals surface area contributed by atoms with Crippen LogP contribution in [0.1, 0.15) is 12.5 Å². The molecule has 1 aromatic rings. The van der Waals surface area contributed by atoms with Crippen molar-refractivity contribution in [1.29, 1.82) is 0 Å². The number of benzene rings is 1. The Bertz CT molecular complexity index is 353. The van der Waals surface area contributed by atoms with Gasteiger partial charge in [-0.1, -0.05) is 12.1 Å². The van der Waals surface area contributed by atoms with E-state index in [1.807, 2.05) is 0 Å². The van der Waals surface area contributed by atoms with Gasteiger partial charge in [-0.05, 0) is 17.7 Å². The van der Waals surface area contributed by atoms with Crippen molar-refractivity contribution < 1.29 is 19.1 Å². The summed E-state index contributed by atoms with van der Waals surface area (Å²) >= 11 is 0. The molecule has 0 saturated carbocycles. The Morgan fingerprint density at radius 2 is 1.80 bits per heavy atom. The third-order valence-electron chi connectivity index (χ3n) is 1.82. The molecular weight excluding hydrogens is 196 g/mol. The minimum absolute atomic E-state index is 0.0996. The fraction of sp³-hybridized carbons (Fsp3) is 0.273. The van der Waals surface area contributed by atoms with Gasteiger partial charge in [-0.2, -0.15) is 0 Å². The molecule has 0 amide bonds. The molecule has 0 fully saturated rings. The number of carbonyl (C=O) groups excluding carboxylic acids is 2. The standard InChI is InChI=1S/C11H12O4/c1-8(12)11(13)15-7-9-3-5-10(14-2)6-4-9/h3-6H,7H2,1-2H3. The van der Waals surface area contributed by atoms with Gasteiger partial charge in [-0.25, -0.2) is 4.79 Å². The Hall–Kier alpha value is -1.84. The van der Waals surface area contributed by atoms with Crippen molar-refractivity contribution in [3.05, 3.63) is 29.8 Å². The smallest absolute Gasteiger partial charge is 0.374 e.